The largest absolute Gasteiger partial charge is 0.347 e. The number of rotatable bonds is 0. The molecule has 3 aliphatic rings. The van der Waals surface area contributed by atoms with Crippen molar-refractivity contribution < 1.29 is 9.47 Å². The summed E-state index contributed by atoms with van der Waals surface area (Å²) in [6, 6.07) is 0. The molecule has 0 N–H and O–H groups in total. The van der Waals surface area contributed by atoms with Gasteiger partial charge in [-0.15, -0.1) is 23.2 Å². The summed E-state index contributed by atoms with van der Waals surface area (Å²) in [5, 5.41) is 0. The van der Waals surface area contributed by atoms with Crippen LogP contribution in [0, 0.1) is 11.8 Å². The van der Waals surface area contributed by atoms with Crippen LogP contribution in [0.25, 0.3) is 0 Å². The van der Waals surface area contributed by atoms with Crippen molar-refractivity contribution in [1.29, 1.82) is 0 Å². The number of fused-ring (bicyclic) bond motifs is 2. The summed E-state index contributed by atoms with van der Waals surface area (Å²) < 4.78 is 10.6. The van der Waals surface area contributed by atoms with Crippen molar-refractivity contribution in [3.63, 3.8) is 0 Å². The predicted octanol–water partition coefficient (Wildman–Crippen LogP) is 1.94. The minimum Gasteiger partial charge on any atom is -0.347 e. The number of hydrogen-bond acceptors (Lipinski definition) is 2. The molecule has 0 amide bonds. The lowest BCUT2D eigenvalue weighted by Gasteiger charge is -2.25. The summed E-state index contributed by atoms with van der Waals surface area (Å²) in [6.07, 6.45) is 2.00. The van der Waals surface area contributed by atoms with Gasteiger partial charge >= 0.3 is 0 Å². The molecular formula is C8H10Cl2O2. The van der Waals surface area contributed by atoms with Crippen molar-refractivity contribution in [2.75, 3.05) is 13.2 Å². The molecule has 1 spiro atoms. The molecule has 1 aliphatic heterocycles. The van der Waals surface area contributed by atoms with Crippen molar-refractivity contribution >= 4 is 23.2 Å². The van der Waals surface area contributed by atoms with Crippen molar-refractivity contribution in [1.82, 2.24) is 0 Å². The van der Waals surface area contributed by atoms with Gasteiger partial charge in [-0.1, -0.05) is 0 Å². The Morgan fingerprint density at radius 2 is 1.83 bits per heavy atom. The van der Waals surface area contributed by atoms with Crippen LogP contribution in [0.3, 0.4) is 0 Å². The zero-order valence-electron chi connectivity index (χ0n) is 6.56. The normalized spacial score (nSPS) is 46.5. The lowest BCUT2D eigenvalue weighted by atomic mass is 10.1. The van der Waals surface area contributed by atoms with Gasteiger partial charge in [0, 0.05) is 12.3 Å². The van der Waals surface area contributed by atoms with E-state index in [1.807, 2.05) is 0 Å². The van der Waals surface area contributed by atoms with Crippen LogP contribution in [0.1, 0.15) is 12.8 Å². The molecule has 2 saturated carbocycles. The highest BCUT2D eigenvalue weighted by Crippen LogP contribution is 2.72. The molecule has 0 aromatic rings. The van der Waals surface area contributed by atoms with Gasteiger partial charge in [0.15, 0.2) is 5.79 Å². The Labute approximate surface area is 81.1 Å². The van der Waals surface area contributed by atoms with Gasteiger partial charge in [0.2, 0.25) is 0 Å². The van der Waals surface area contributed by atoms with Crippen molar-refractivity contribution in [3.8, 4) is 0 Å². The molecule has 1 saturated heterocycles. The number of hydrogen-bond donors (Lipinski definition) is 0. The number of ether oxygens (including phenoxy) is 2. The van der Waals surface area contributed by atoms with E-state index in [9.17, 15) is 0 Å². The Hall–Kier alpha value is 0.500. The van der Waals surface area contributed by atoms with Crippen LogP contribution in [0.2, 0.25) is 0 Å². The fourth-order valence-electron chi connectivity index (χ4n) is 2.66. The Morgan fingerprint density at radius 1 is 1.17 bits per heavy atom. The van der Waals surface area contributed by atoms with Gasteiger partial charge in [0.1, 0.15) is 4.33 Å². The maximum atomic E-state index is 6.08. The zero-order chi connectivity index (χ0) is 8.40. The fraction of sp³-hybridized carbons (Fsp3) is 1.00. The van der Waals surface area contributed by atoms with Crippen molar-refractivity contribution in [2.45, 2.75) is 23.0 Å². The lowest BCUT2D eigenvalue weighted by Crippen LogP contribution is -2.33. The van der Waals surface area contributed by atoms with Gasteiger partial charge in [-0.05, 0) is 6.42 Å². The molecule has 0 bridgehead atoms. The van der Waals surface area contributed by atoms with Gasteiger partial charge in [-0.2, -0.15) is 0 Å². The second kappa shape index (κ2) is 2.11. The summed E-state index contributed by atoms with van der Waals surface area (Å²) >= 11 is 12.2. The minimum atomic E-state index is -0.567. The second-order valence-corrected chi connectivity index (χ2v) is 5.25. The standard InChI is InChI=1S/C8H10Cl2O2/c9-8(10)5-1-2-7(6(5)8)11-3-4-12-7/h5-6H,1-4H2. The average molecular weight is 209 g/mol. The van der Waals surface area contributed by atoms with E-state index in [0.717, 1.165) is 12.8 Å². The first-order valence-corrected chi connectivity index (χ1v) is 5.08. The molecule has 12 heavy (non-hydrogen) atoms. The second-order valence-electron chi connectivity index (χ2n) is 3.81. The molecule has 68 valence electrons. The third-order valence-corrected chi connectivity index (χ3v) is 4.29. The predicted molar refractivity (Wildman–Crippen MR) is 45.3 cm³/mol. The topological polar surface area (TPSA) is 18.5 Å². The van der Waals surface area contributed by atoms with Crippen molar-refractivity contribution in [3.05, 3.63) is 0 Å². The highest BCUT2D eigenvalue weighted by molar-refractivity contribution is 6.51. The van der Waals surface area contributed by atoms with E-state index in [1.54, 1.807) is 0 Å². The maximum Gasteiger partial charge on any atom is 0.174 e. The van der Waals surface area contributed by atoms with Gasteiger partial charge < -0.3 is 9.47 Å². The molecule has 1 heterocycles. The van der Waals surface area contributed by atoms with E-state index in [2.05, 4.69) is 0 Å². The van der Waals surface area contributed by atoms with Crippen LogP contribution < -0.4 is 0 Å². The third-order valence-electron chi connectivity index (χ3n) is 3.26. The van der Waals surface area contributed by atoms with E-state index in [0.29, 0.717) is 19.1 Å². The molecule has 2 atom stereocenters. The highest BCUT2D eigenvalue weighted by atomic mass is 35.5. The van der Waals surface area contributed by atoms with E-state index in [-0.39, 0.29) is 5.92 Å². The molecule has 4 heteroatoms. The molecule has 2 nitrogen and oxygen atoms in total. The van der Waals surface area contributed by atoms with Crippen LogP contribution in [-0.4, -0.2) is 23.3 Å². The lowest BCUT2D eigenvalue weighted by molar-refractivity contribution is -0.167. The minimum absolute atomic E-state index is 0.218. The molecule has 0 radical (unpaired) electrons. The van der Waals surface area contributed by atoms with E-state index < -0.39 is 10.1 Å². The maximum absolute atomic E-state index is 6.08. The fourth-order valence-corrected chi connectivity index (χ4v) is 3.64. The smallest absolute Gasteiger partial charge is 0.174 e. The Kier molecular flexibility index (Phi) is 1.38. The molecule has 0 aromatic carbocycles. The summed E-state index contributed by atoms with van der Waals surface area (Å²) in [5.41, 5.74) is 0. The van der Waals surface area contributed by atoms with Crippen LogP contribution in [0.5, 0.6) is 0 Å². The van der Waals surface area contributed by atoms with E-state index >= 15 is 0 Å². The van der Waals surface area contributed by atoms with Crippen LogP contribution in [0.15, 0.2) is 0 Å². The van der Waals surface area contributed by atoms with E-state index in [4.69, 9.17) is 32.7 Å². The van der Waals surface area contributed by atoms with Gasteiger partial charge in [-0.25, -0.2) is 0 Å². The molecular weight excluding hydrogens is 199 g/mol. The summed E-state index contributed by atoms with van der Waals surface area (Å²) in [7, 11) is 0. The van der Waals surface area contributed by atoms with Gasteiger partial charge in [0.05, 0.1) is 19.1 Å². The molecule has 0 aromatic heterocycles. The monoisotopic (exact) mass is 208 g/mol. The molecule has 2 aliphatic carbocycles. The summed E-state index contributed by atoms with van der Waals surface area (Å²) in [4.78, 5) is 0. The molecule has 3 rings (SSSR count). The number of alkyl halides is 2. The first-order valence-electron chi connectivity index (χ1n) is 4.32. The average Bonchev–Trinajstić information content (AvgIpc) is 2.48. The summed E-state index contributed by atoms with van der Waals surface area (Å²) in [5.74, 6) is 0.212. The SMILES string of the molecule is ClC1(Cl)C2CCC3(OCCO3)C21. The Balaban J connectivity index is 1.90. The van der Waals surface area contributed by atoms with Crippen molar-refractivity contribution in [2.24, 2.45) is 11.8 Å². The quantitative estimate of drug-likeness (QED) is 0.567. The first kappa shape index (κ1) is 7.86. The Morgan fingerprint density at radius 3 is 2.33 bits per heavy atom. The molecule has 2 unspecified atom stereocenters. The summed E-state index contributed by atoms with van der Waals surface area (Å²) in [6.45, 7) is 1.38. The van der Waals surface area contributed by atoms with E-state index in [1.165, 1.54) is 0 Å². The first-order chi connectivity index (χ1) is 5.67. The van der Waals surface area contributed by atoms with Crippen LogP contribution in [0.4, 0.5) is 0 Å². The molecule has 3 fully saturated rings. The van der Waals surface area contributed by atoms with Gasteiger partial charge in [-0.3, -0.25) is 0 Å². The zero-order valence-corrected chi connectivity index (χ0v) is 8.07. The highest BCUT2D eigenvalue weighted by Gasteiger charge is 2.76. The van der Waals surface area contributed by atoms with Gasteiger partial charge in [0.25, 0.3) is 0 Å². The van der Waals surface area contributed by atoms with Crippen LogP contribution in [-0.2, 0) is 9.47 Å². The number of halogens is 2. The Bertz CT molecular complexity index is 218. The van der Waals surface area contributed by atoms with Crippen LogP contribution >= 0.6 is 23.2 Å². The third kappa shape index (κ3) is 0.752.